The highest BCUT2D eigenvalue weighted by Gasteiger charge is 2.17. The summed E-state index contributed by atoms with van der Waals surface area (Å²) >= 11 is 1.36. The molecule has 0 fully saturated rings. The lowest BCUT2D eigenvalue weighted by Gasteiger charge is -2.09. The Morgan fingerprint density at radius 1 is 1.05 bits per heavy atom. The fourth-order valence-corrected chi connectivity index (χ4v) is 2.24. The van der Waals surface area contributed by atoms with Crippen LogP contribution in [0.15, 0.2) is 41.3 Å². The molecule has 20 heavy (non-hydrogen) atoms. The van der Waals surface area contributed by atoms with Crippen molar-refractivity contribution in [3.8, 4) is 0 Å². The highest BCUT2D eigenvalue weighted by Crippen LogP contribution is 2.23. The molecule has 0 bridgehead atoms. The van der Waals surface area contributed by atoms with Crippen molar-refractivity contribution in [3.63, 3.8) is 0 Å². The zero-order valence-electron chi connectivity index (χ0n) is 10.4. The van der Waals surface area contributed by atoms with Crippen molar-refractivity contribution in [1.82, 2.24) is 0 Å². The number of amides is 1. The van der Waals surface area contributed by atoms with E-state index in [0.717, 1.165) is 12.1 Å². The molecule has 0 saturated carbocycles. The molecule has 6 heteroatoms. The molecule has 2 aromatic rings. The Morgan fingerprint density at radius 3 is 2.45 bits per heavy atom. The lowest BCUT2D eigenvalue weighted by molar-refractivity contribution is 0.102. The Bertz CT molecular complexity index is 661. The quantitative estimate of drug-likeness (QED) is 0.683. The van der Waals surface area contributed by atoms with Crippen LogP contribution in [-0.2, 0) is 0 Å². The summed E-state index contributed by atoms with van der Waals surface area (Å²) in [6.45, 7) is 0. The average Bonchev–Trinajstić information content (AvgIpc) is 2.47. The highest BCUT2D eigenvalue weighted by molar-refractivity contribution is 7.98. The van der Waals surface area contributed by atoms with E-state index in [1.807, 2.05) is 0 Å². The predicted octanol–water partition coefficient (Wildman–Crippen LogP) is 4.08. The van der Waals surface area contributed by atoms with Crippen molar-refractivity contribution in [1.29, 1.82) is 0 Å². The fraction of sp³-hybridized carbons (Fsp3) is 0.0714. The topological polar surface area (TPSA) is 29.1 Å². The zero-order chi connectivity index (χ0) is 14.7. The Labute approximate surface area is 118 Å². The number of hydrogen-bond acceptors (Lipinski definition) is 2. The first kappa shape index (κ1) is 14.5. The monoisotopic (exact) mass is 297 g/mol. The standard InChI is InChI=1S/C14H10F3NOS/c1-20-11-5-3-2-4-8(11)14(19)18-10-7-6-9(15)12(16)13(10)17/h2-7H,1H3,(H,18,19). The molecule has 0 atom stereocenters. The van der Waals surface area contributed by atoms with Gasteiger partial charge in [0, 0.05) is 4.90 Å². The number of halogens is 3. The molecule has 0 radical (unpaired) electrons. The summed E-state index contributed by atoms with van der Waals surface area (Å²) in [4.78, 5) is 12.7. The van der Waals surface area contributed by atoms with E-state index < -0.39 is 29.0 Å². The third kappa shape index (κ3) is 2.80. The van der Waals surface area contributed by atoms with Gasteiger partial charge in [-0.05, 0) is 30.5 Å². The normalized spacial score (nSPS) is 10.4. The Kier molecular flexibility index (Phi) is 4.34. The molecule has 104 valence electrons. The molecule has 2 aromatic carbocycles. The third-order valence-corrected chi connectivity index (χ3v) is 3.43. The van der Waals surface area contributed by atoms with E-state index in [0.29, 0.717) is 10.5 Å². The first-order chi connectivity index (χ1) is 9.54. The zero-order valence-corrected chi connectivity index (χ0v) is 11.2. The Hall–Kier alpha value is -1.95. The number of hydrogen-bond donors (Lipinski definition) is 1. The van der Waals surface area contributed by atoms with Crippen LogP contribution in [0.1, 0.15) is 10.4 Å². The van der Waals surface area contributed by atoms with Crippen LogP contribution in [0.25, 0.3) is 0 Å². The third-order valence-electron chi connectivity index (χ3n) is 2.63. The summed E-state index contributed by atoms with van der Waals surface area (Å²) in [7, 11) is 0. The minimum absolute atomic E-state index is 0.337. The summed E-state index contributed by atoms with van der Waals surface area (Å²) in [6, 6.07) is 8.47. The number of rotatable bonds is 3. The van der Waals surface area contributed by atoms with Gasteiger partial charge in [-0.25, -0.2) is 13.2 Å². The second-order valence-electron chi connectivity index (χ2n) is 3.88. The molecule has 0 unspecified atom stereocenters. The summed E-state index contributed by atoms with van der Waals surface area (Å²) in [5, 5.41) is 2.24. The fourth-order valence-electron chi connectivity index (χ4n) is 1.64. The van der Waals surface area contributed by atoms with Gasteiger partial charge in [-0.3, -0.25) is 4.79 Å². The van der Waals surface area contributed by atoms with E-state index in [9.17, 15) is 18.0 Å². The van der Waals surface area contributed by atoms with E-state index in [2.05, 4.69) is 5.32 Å². The van der Waals surface area contributed by atoms with Gasteiger partial charge in [-0.1, -0.05) is 12.1 Å². The lowest BCUT2D eigenvalue weighted by atomic mass is 10.2. The Morgan fingerprint density at radius 2 is 1.75 bits per heavy atom. The van der Waals surface area contributed by atoms with E-state index in [1.54, 1.807) is 30.5 Å². The van der Waals surface area contributed by atoms with E-state index in [4.69, 9.17) is 0 Å². The minimum atomic E-state index is -1.61. The molecule has 0 aliphatic carbocycles. The van der Waals surface area contributed by atoms with Crippen molar-refractivity contribution in [2.75, 3.05) is 11.6 Å². The molecule has 0 spiro atoms. The van der Waals surface area contributed by atoms with Gasteiger partial charge in [-0.15, -0.1) is 11.8 Å². The van der Waals surface area contributed by atoms with Gasteiger partial charge in [0.2, 0.25) is 0 Å². The van der Waals surface area contributed by atoms with Crippen LogP contribution in [0, 0.1) is 17.5 Å². The van der Waals surface area contributed by atoms with Crippen molar-refractivity contribution in [2.24, 2.45) is 0 Å². The van der Waals surface area contributed by atoms with Gasteiger partial charge in [-0.2, -0.15) is 0 Å². The number of anilines is 1. The molecular formula is C14H10F3NOS. The van der Waals surface area contributed by atoms with Crippen LogP contribution in [-0.4, -0.2) is 12.2 Å². The molecule has 0 aliphatic heterocycles. The predicted molar refractivity (Wildman–Crippen MR) is 72.5 cm³/mol. The van der Waals surface area contributed by atoms with Gasteiger partial charge in [0.1, 0.15) is 0 Å². The van der Waals surface area contributed by atoms with E-state index >= 15 is 0 Å². The maximum absolute atomic E-state index is 13.5. The summed E-state index contributed by atoms with van der Waals surface area (Å²) in [6.07, 6.45) is 1.80. The van der Waals surface area contributed by atoms with Crippen LogP contribution < -0.4 is 5.32 Å². The van der Waals surface area contributed by atoms with E-state index in [1.165, 1.54) is 11.8 Å². The van der Waals surface area contributed by atoms with E-state index in [-0.39, 0.29) is 0 Å². The minimum Gasteiger partial charge on any atom is -0.319 e. The van der Waals surface area contributed by atoms with Crippen LogP contribution in [0.4, 0.5) is 18.9 Å². The van der Waals surface area contributed by atoms with Gasteiger partial charge in [0.05, 0.1) is 11.3 Å². The summed E-state index contributed by atoms with van der Waals surface area (Å²) in [5.74, 6) is -4.91. The SMILES string of the molecule is CSc1ccccc1C(=O)Nc1ccc(F)c(F)c1F. The smallest absolute Gasteiger partial charge is 0.256 e. The van der Waals surface area contributed by atoms with Crippen molar-refractivity contribution >= 4 is 23.4 Å². The molecule has 0 aromatic heterocycles. The maximum atomic E-state index is 13.5. The van der Waals surface area contributed by atoms with Crippen LogP contribution in [0.2, 0.25) is 0 Å². The molecule has 2 nitrogen and oxygen atoms in total. The lowest BCUT2D eigenvalue weighted by Crippen LogP contribution is -2.14. The largest absolute Gasteiger partial charge is 0.319 e. The number of carbonyl (C=O) groups is 1. The average molecular weight is 297 g/mol. The molecule has 0 aliphatic rings. The first-order valence-electron chi connectivity index (χ1n) is 5.62. The van der Waals surface area contributed by atoms with Crippen molar-refractivity contribution < 1.29 is 18.0 Å². The molecule has 2 rings (SSSR count). The number of benzene rings is 2. The molecule has 0 saturated heterocycles. The maximum Gasteiger partial charge on any atom is 0.256 e. The highest BCUT2D eigenvalue weighted by atomic mass is 32.2. The van der Waals surface area contributed by atoms with Gasteiger partial charge < -0.3 is 5.32 Å². The molecular weight excluding hydrogens is 287 g/mol. The van der Waals surface area contributed by atoms with Crippen LogP contribution in [0.3, 0.4) is 0 Å². The number of thioether (sulfide) groups is 1. The number of carbonyl (C=O) groups excluding carboxylic acids is 1. The second kappa shape index (κ2) is 6.00. The molecule has 1 N–H and O–H groups in total. The number of nitrogens with one attached hydrogen (secondary N) is 1. The summed E-state index contributed by atoms with van der Waals surface area (Å²) < 4.78 is 39.4. The van der Waals surface area contributed by atoms with Crippen molar-refractivity contribution in [2.45, 2.75) is 4.90 Å². The summed E-state index contributed by atoms with van der Waals surface area (Å²) in [5.41, 5.74) is -0.0612. The van der Waals surface area contributed by atoms with Gasteiger partial charge in [0.25, 0.3) is 5.91 Å². The van der Waals surface area contributed by atoms with Gasteiger partial charge in [0.15, 0.2) is 17.5 Å². The molecule has 1 amide bonds. The van der Waals surface area contributed by atoms with Crippen LogP contribution in [0.5, 0.6) is 0 Å². The Balaban J connectivity index is 2.31. The molecule has 0 heterocycles. The first-order valence-corrected chi connectivity index (χ1v) is 6.85. The van der Waals surface area contributed by atoms with Gasteiger partial charge >= 0.3 is 0 Å². The second-order valence-corrected chi connectivity index (χ2v) is 4.73. The van der Waals surface area contributed by atoms with Crippen molar-refractivity contribution in [3.05, 3.63) is 59.4 Å². The van der Waals surface area contributed by atoms with Crippen LogP contribution >= 0.6 is 11.8 Å².